The van der Waals surface area contributed by atoms with Gasteiger partial charge >= 0.3 is 5.97 Å². The molecule has 1 fully saturated rings. The number of carbonyl (C=O) groups is 2. The van der Waals surface area contributed by atoms with Crippen LogP contribution in [0.1, 0.15) is 62.0 Å². The average Bonchev–Trinajstić information content (AvgIpc) is 3.17. The van der Waals surface area contributed by atoms with Crippen molar-refractivity contribution in [1.82, 2.24) is 15.2 Å². The van der Waals surface area contributed by atoms with Gasteiger partial charge in [0.25, 0.3) is 5.91 Å². The minimum Gasteiger partial charge on any atom is -0.457 e. The van der Waals surface area contributed by atoms with E-state index in [9.17, 15) is 14.7 Å². The number of nitrogens with one attached hydrogen (secondary N) is 1. The summed E-state index contributed by atoms with van der Waals surface area (Å²) in [5.41, 5.74) is 3.89. The minimum atomic E-state index is -0.656. The van der Waals surface area contributed by atoms with E-state index in [-0.39, 0.29) is 30.2 Å². The Balaban J connectivity index is 1.30. The van der Waals surface area contributed by atoms with Gasteiger partial charge in [0.15, 0.2) is 0 Å². The lowest BCUT2D eigenvalue weighted by Crippen LogP contribution is -2.45. The molecular formula is C23H24N4O4. The number of amides is 1. The van der Waals surface area contributed by atoms with Crippen molar-refractivity contribution < 1.29 is 19.4 Å². The van der Waals surface area contributed by atoms with E-state index in [1.165, 1.54) is 12.3 Å². The number of rotatable bonds is 5. The van der Waals surface area contributed by atoms with Gasteiger partial charge in [-0.25, -0.2) is 9.78 Å². The number of nitriles is 1. The van der Waals surface area contributed by atoms with Gasteiger partial charge in [-0.05, 0) is 49.1 Å². The summed E-state index contributed by atoms with van der Waals surface area (Å²) >= 11 is 0. The number of piperidine rings is 1. The molecule has 1 saturated heterocycles. The average molecular weight is 420 g/mol. The first-order chi connectivity index (χ1) is 15.0. The summed E-state index contributed by atoms with van der Waals surface area (Å²) in [5, 5.41) is 22.6. The third-order valence-electron chi connectivity index (χ3n) is 6.06. The van der Waals surface area contributed by atoms with Crippen molar-refractivity contribution in [1.29, 1.82) is 5.26 Å². The Morgan fingerprint density at radius 1 is 1.35 bits per heavy atom. The van der Waals surface area contributed by atoms with Crippen LogP contribution in [-0.2, 0) is 11.3 Å². The number of hydrogen-bond donors (Lipinski definition) is 2. The molecule has 1 aromatic heterocycles. The number of aliphatic hydroxyl groups excluding tert-OH is 1. The maximum atomic E-state index is 12.4. The van der Waals surface area contributed by atoms with Crippen molar-refractivity contribution in [3.05, 3.63) is 64.0 Å². The maximum Gasteiger partial charge on any atom is 0.338 e. The molecular weight excluding hydrogens is 396 g/mol. The fraction of sp³-hybridized carbons (Fsp3) is 0.391. The number of carbonyl (C=O) groups excluding carboxylic acids is 2. The van der Waals surface area contributed by atoms with Crippen molar-refractivity contribution in [2.24, 2.45) is 0 Å². The summed E-state index contributed by atoms with van der Waals surface area (Å²) in [4.78, 5) is 30.2. The van der Waals surface area contributed by atoms with Crippen LogP contribution in [0.25, 0.3) is 0 Å². The van der Waals surface area contributed by atoms with E-state index in [1.54, 1.807) is 12.1 Å². The summed E-state index contributed by atoms with van der Waals surface area (Å²) in [5.74, 6) is -0.499. The van der Waals surface area contributed by atoms with E-state index < -0.39 is 6.10 Å². The Hall–Kier alpha value is -3.28. The predicted octanol–water partition coefficient (Wildman–Crippen LogP) is 1.86. The zero-order valence-electron chi connectivity index (χ0n) is 17.3. The number of ether oxygens (including phenoxy) is 1. The van der Waals surface area contributed by atoms with Gasteiger partial charge in [-0.2, -0.15) is 5.26 Å². The van der Waals surface area contributed by atoms with Gasteiger partial charge in [0.2, 0.25) is 0 Å². The van der Waals surface area contributed by atoms with Crippen LogP contribution < -0.4 is 5.32 Å². The van der Waals surface area contributed by atoms with E-state index in [2.05, 4.69) is 15.2 Å². The lowest BCUT2D eigenvalue weighted by molar-refractivity contribution is 0.0534. The number of β-amino-alcohol motifs (C(OH)–C–C–N with tert-alkyl or cyclic N) is 1. The lowest BCUT2D eigenvalue weighted by atomic mass is 9.94. The number of esters is 1. The zero-order valence-corrected chi connectivity index (χ0v) is 17.3. The standard InChI is InChI=1S/C23H24N4O4/c1-14-18(4-5-19-20(14)13-31-23(19)30)21(28)12-27-8-6-16(7-9-27)26-22(29)15-2-3-17(10-24)25-11-15/h2-5,11,16,21,28H,6-9,12-13H2,1H3,(H,26,29)/t21-/m0/s1. The first-order valence-corrected chi connectivity index (χ1v) is 10.3. The summed E-state index contributed by atoms with van der Waals surface area (Å²) in [6.07, 6.45) is 2.33. The highest BCUT2D eigenvalue weighted by molar-refractivity contribution is 5.94. The molecule has 4 rings (SSSR count). The number of hydrogen-bond acceptors (Lipinski definition) is 7. The molecule has 1 atom stereocenters. The molecule has 2 aromatic rings. The van der Waals surface area contributed by atoms with Crippen LogP contribution in [0.3, 0.4) is 0 Å². The number of nitrogens with zero attached hydrogens (tertiary/aromatic N) is 3. The number of fused-ring (bicyclic) bond motifs is 1. The minimum absolute atomic E-state index is 0.0569. The highest BCUT2D eigenvalue weighted by Gasteiger charge is 2.27. The topological polar surface area (TPSA) is 116 Å². The van der Waals surface area contributed by atoms with Crippen molar-refractivity contribution in [2.75, 3.05) is 19.6 Å². The number of benzene rings is 1. The predicted molar refractivity (Wildman–Crippen MR) is 111 cm³/mol. The Kier molecular flexibility index (Phi) is 5.98. The quantitative estimate of drug-likeness (QED) is 0.710. The van der Waals surface area contributed by atoms with E-state index in [4.69, 9.17) is 10.00 Å². The molecule has 160 valence electrons. The third kappa shape index (κ3) is 4.43. The first kappa shape index (κ1) is 21.0. The molecule has 0 aliphatic carbocycles. The van der Waals surface area contributed by atoms with Crippen LogP contribution in [0.5, 0.6) is 0 Å². The molecule has 2 aliphatic rings. The molecule has 0 bridgehead atoms. The van der Waals surface area contributed by atoms with Crippen molar-refractivity contribution in [3.63, 3.8) is 0 Å². The molecule has 2 N–H and O–H groups in total. The highest BCUT2D eigenvalue weighted by Crippen LogP contribution is 2.29. The number of aromatic nitrogens is 1. The second-order valence-corrected chi connectivity index (χ2v) is 7.99. The molecule has 3 heterocycles. The van der Waals surface area contributed by atoms with Gasteiger partial charge < -0.3 is 20.1 Å². The van der Waals surface area contributed by atoms with E-state index >= 15 is 0 Å². The second-order valence-electron chi connectivity index (χ2n) is 7.99. The van der Waals surface area contributed by atoms with Crippen molar-refractivity contribution >= 4 is 11.9 Å². The summed E-state index contributed by atoms with van der Waals surface area (Å²) in [6.45, 7) is 4.20. The summed E-state index contributed by atoms with van der Waals surface area (Å²) in [6, 6.07) is 8.66. The molecule has 2 aliphatic heterocycles. The van der Waals surface area contributed by atoms with Gasteiger partial charge in [-0.1, -0.05) is 6.07 Å². The molecule has 1 amide bonds. The first-order valence-electron chi connectivity index (χ1n) is 10.3. The Bertz CT molecular complexity index is 1040. The van der Waals surface area contributed by atoms with Crippen LogP contribution in [0.4, 0.5) is 0 Å². The van der Waals surface area contributed by atoms with Crippen molar-refractivity contribution in [3.8, 4) is 6.07 Å². The number of cyclic esters (lactones) is 1. The normalized spacial score (nSPS) is 17.5. The van der Waals surface area contributed by atoms with Gasteiger partial charge in [-0.15, -0.1) is 0 Å². The van der Waals surface area contributed by atoms with Gasteiger partial charge in [-0.3, -0.25) is 4.79 Å². The smallest absolute Gasteiger partial charge is 0.338 e. The highest BCUT2D eigenvalue weighted by atomic mass is 16.5. The Labute approximate surface area is 180 Å². The van der Waals surface area contributed by atoms with E-state index in [0.717, 1.165) is 42.6 Å². The van der Waals surface area contributed by atoms with Gasteiger partial charge in [0.05, 0.1) is 17.2 Å². The number of likely N-dealkylation sites (tertiary alicyclic amines) is 1. The maximum absolute atomic E-state index is 12.4. The number of aliphatic hydroxyl groups is 1. The second kappa shape index (κ2) is 8.84. The molecule has 0 saturated carbocycles. The van der Waals surface area contributed by atoms with Crippen LogP contribution >= 0.6 is 0 Å². The molecule has 8 nitrogen and oxygen atoms in total. The van der Waals surface area contributed by atoms with Crippen LogP contribution in [0.2, 0.25) is 0 Å². The summed E-state index contributed by atoms with van der Waals surface area (Å²) in [7, 11) is 0. The zero-order chi connectivity index (χ0) is 22.0. The van der Waals surface area contributed by atoms with Gasteiger partial charge in [0.1, 0.15) is 18.4 Å². The Morgan fingerprint density at radius 3 is 2.81 bits per heavy atom. The van der Waals surface area contributed by atoms with Crippen LogP contribution in [0, 0.1) is 18.3 Å². The molecule has 0 spiro atoms. The third-order valence-corrected chi connectivity index (χ3v) is 6.06. The largest absolute Gasteiger partial charge is 0.457 e. The molecule has 1 aromatic carbocycles. The van der Waals surface area contributed by atoms with Gasteiger partial charge in [0, 0.05) is 37.4 Å². The van der Waals surface area contributed by atoms with Crippen molar-refractivity contribution in [2.45, 2.75) is 38.5 Å². The molecule has 8 heteroatoms. The monoisotopic (exact) mass is 420 g/mol. The molecule has 0 radical (unpaired) electrons. The summed E-state index contributed by atoms with van der Waals surface area (Å²) < 4.78 is 5.09. The fourth-order valence-electron chi connectivity index (χ4n) is 4.19. The number of pyridine rings is 1. The fourth-order valence-corrected chi connectivity index (χ4v) is 4.19. The molecule has 0 unspecified atom stereocenters. The van der Waals surface area contributed by atoms with E-state index in [0.29, 0.717) is 17.7 Å². The molecule has 31 heavy (non-hydrogen) atoms. The van der Waals surface area contributed by atoms with Crippen LogP contribution in [-0.4, -0.2) is 52.5 Å². The van der Waals surface area contributed by atoms with E-state index in [1.807, 2.05) is 19.1 Å². The SMILES string of the molecule is Cc1c([C@@H](O)CN2CCC(NC(=O)c3ccc(C#N)nc3)CC2)ccc2c1COC2=O. The lowest BCUT2D eigenvalue weighted by Gasteiger charge is -2.33. The van der Waals surface area contributed by atoms with Crippen LogP contribution in [0.15, 0.2) is 30.5 Å². The Morgan fingerprint density at radius 2 is 2.13 bits per heavy atom.